The zero-order chi connectivity index (χ0) is 26.8. The highest BCUT2D eigenvalue weighted by Gasteiger charge is 2.16. The Morgan fingerprint density at radius 2 is 1.67 bits per heavy atom. The lowest BCUT2D eigenvalue weighted by atomic mass is 10.0. The van der Waals surface area contributed by atoms with Gasteiger partial charge in [0.25, 0.3) is 0 Å². The lowest BCUT2D eigenvalue weighted by Gasteiger charge is -2.15. The third-order valence-corrected chi connectivity index (χ3v) is 6.29. The van der Waals surface area contributed by atoms with E-state index in [1.165, 1.54) is 7.11 Å². The molecule has 0 aliphatic carbocycles. The molecular weight excluding hydrogens is 494 g/mol. The van der Waals surface area contributed by atoms with Crippen LogP contribution in [-0.4, -0.2) is 45.0 Å². The molecule has 0 radical (unpaired) electrons. The van der Waals surface area contributed by atoms with Gasteiger partial charge in [0, 0.05) is 28.1 Å². The summed E-state index contributed by atoms with van der Waals surface area (Å²) >= 11 is 0. The number of benzene rings is 4. The van der Waals surface area contributed by atoms with Gasteiger partial charge in [-0.15, -0.1) is 0 Å². The van der Waals surface area contributed by atoms with Gasteiger partial charge in [0.1, 0.15) is 5.82 Å². The Kier molecular flexibility index (Phi) is 6.22. The first kappa shape index (κ1) is 23.9. The van der Waals surface area contributed by atoms with E-state index < -0.39 is 12.6 Å². The molecule has 2 aromatic heterocycles. The SMILES string of the molecule is COc1cc2nc(-c3ccc(-c4ccccc4)cc3)nc(Nc3ccc4[nH]ncc4c3)c2cc1OCC(=O)O. The van der Waals surface area contributed by atoms with Gasteiger partial charge in [-0.3, -0.25) is 5.10 Å². The standard InChI is InChI=1S/C30H23N5O4/c1-38-26-15-25-23(14-27(26)39-17-28(36)37)30(32-22-11-12-24-21(13-22)16-31-35-24)34-29(33-25)20-9-7-19(8-10-20)18-5-3-2-4-6-18/h2-16H,17H2,1H3,(H,31,35)(H,36,37)(H,32,33,34). The molecule has 0 aliphatic rings. The minimum atomic E-state index is -1.09. The van der Waals surface area contributed by atoms with Crippen LogP contribution in [0.3, 0.4) is 0 Å². The molecule has 192 valence electrons. The first-order valence-electron chi connectivity index (χ1n) is 12.2. The fourth-order valence-electron chi connectivity index (χ4n) is 4.37. The molecule has 4 aromatic carbocycles. The van der Waals surface area contributed by atoms with Crippen molar-refractivity contribution in [2.24, 2.45) is 0 Å². The van der Waals surface area contributed by atoms with E-state index in [9.17, 15) is 4.79 Å². The fourth-order valence-corrected chi connectivity index (χ4v) is 4.37. The van der Waals surface area contributed by atoms with Crippen LogP contribution in [-0.2, 0) is 4.79 Å². The smallest absolute Gasteiger partial charge is 0.341 e. The van der Waals surface area contributed by atoms with Crippen LogP contribution in [0.4, 0.5) is 11.5 Å². The van der Waals surface area contributed by atoms with Crippen molar-refractivity contribution in [2.45, 2.75) is 0 Å². The van der Waals surface area contributed by atoms with Gasteiger partial charge in [-0.05, 0) is 35.4 Å². The summed E-state index contributed by atoms with van der Waals surface area (Å²) in [5, 5.41) is 21.1. The Hall–Kier alpha value is -5.44. The second-order valence-corrected chi connectivity index (χ2v) is 8.84. The molecule has 0 amide bonds. The van der Waals surface area contributed by atoms with Crippen molar-refractivity contribution in [3.05, 3.63) is 91.1 Å². The number of anilines is 2. The van der Waals surface area contributed by atoms with E-state index in [4.69, 9.17) is 24.5 Å². The van der Waals surface area contributed by atoms with Gasteiger partial charge >= 0.3 is 5.97 Å². The second kappa shape index (κ2) is 10.1. The van der Waals surface area contributed by atoms with Gasteiger partial charge in [0.2, 0.25) is 0 Å². The summed E-state index contributed by atoms with van der Waals surface area (Å²) in [4.78, 5) is 20.8. The number of hydrogen-bond acceptors (Lipinski definition) is 7. The molecule has 2 heterocycles. The summed E-state index contributed by atoms with van der Waals surface area (Å²) in [6, 6.07) is 27.5. The van der Waals surface area contributed by atoms with Crippen molar-refractivity contribution in [1.82, 2.24) is 20.2 Å². The summed E-state index contributed by atoms with van der Waals surface area (Å²) < 4.78 is 11.0. The Morgan fingerprint density at radius 1 is 0.897 bits per heavy atom. The molecule has 0 spiro atoms. The van der Waals surface area contributed by atoms with Crippen molar-refractivity contribution >= 4 is 39.3 Å². The van der Waals surface area contributed by atoms with Crippen molar-refractivity contribution in [2.75, 3.05) is 19.0 Å². The lowest BCUT2D eigenvalue weighted by Crippen LogP contribution is -2.10. The van der Waals surface area contributed by atoms with Crippen LogP contribution in [0.1, 0.15) is 0 Å². The Balaban J connectivity index is 1.46. The summed E-state index contributed by atoms with van der Waals surface area (Å²) in [7, 11) is 1.50. The zero-order valence-electron chi connectivity index (χ0n) is 20.9. The van der Waals surface area contributed by atoms with Crippen molar-refractivity contribution in [1.29, 1.82) is 0 Å². The third kappa shape index (κ3) is 4.93. The summed E-state index contributed by atoms with van der Waals surface area (Å²) in [6.07, 6.45) is 1.75. The van der Waals surface area contributed by atoms with E-state index in [1.54, 1.807) is 18.3 Å². The normalized spacial score (nSPS) is 11.0. The molecule has 9 nitrogen and oxygen atoms in total. The molecule has 0 bridgehead atoms. The number of nitrogens with one attached hydrogen (secondary N) is 2. The van der Waals surface area contributed by atoms with Crippen molar-refractivity contribution in [3.63, 3.8) is 0 Å². The largest absolute Gasteiger partial charge is 0.493 e. The van der Waals surface area contributed by atoms with E-state index in [1.807, 2.05) is 60.7 Å². The van der Waals surface area contributed by atoms with E-state index in [0.29, 0.717) is 28.3 Å². The molecule has 0 atom stereocenters. The molecular formula is C30H23N5O4. The number of methoxy groups -OCH3 is 1. The van der Waals surface area contributed by atoms with Crippen LogP contribution in [0.15, 0.2) is 91.1 Å². The highest BCUT2D eigenvalue weighted by atomic mass is 16.5. The molecule has 0 aliphatic heterocycles. The highest BCUT2D eigenvalue weighted by molar-refractivity contribution is 5.95. The number of rotatable bonds is 8. The van der Waals surface area contributed by atoms with Gasteiger partial charge in [-0.1, -0.05) is 54.6 Å². The van der Waals surface area contributed by atoms with Crippen molar-refractivity contribution in [3.8, 4) is 34.0 Å². The third-order valence-electron chi connectivity index (χ3n) is 6.29. The molecule has 0 saturated heterocycles. The van der Waals surface area contributed by atoms with Crippen molar-refractivity contribution < 1.29 is 19.4 Å². The maximum absolute atomic E-state index is 11.1. The highest BCUT2D eigenvalue weighted by Crippen LogP contribution is 2.37. The van der Waals surface area contributed by atoms with Gasteiger partial charge in [0.05, 0.1) is 24.3 Å². The topological polar surface area (TPSA) is 122 Å². The molecule has 0 unspecified atom stereocenters. The molecule has 0 saturated carbocycles. The van der Waals surface area contributed by atoms with Crippen LogP contribution in [0.25, 0.3) is 44.3 Å². The number of aromatic nitrogens is 4. The maximum Gasteiger partial charge on any atom is 0.341 e. The first-order valence-corrected chi connectivity index (χ1v) is 12.2. The maximum atomic E-state index is 11.1. The number of H-pyrrole nitrogens is 1. The number of aromatic amines is 1. The average molecular weight is 518 g/mol. The van der Waals surface area contributed by atoms with Crippen LogP contribution in [0.5, 0.6) is 11.5 Å². The summed E-state index contributed by atoms with van der Waals surface area (Å²) in [6.45, 7) is -0.505. The number of nitrogens with zero attached hydrogens (tertiary/aromatic N) is 3. The molecule has 39 heavy (non-hydrogen) atoms. The summed E-state index contributed by atoms with van der Waals surface area (Å²) in [5.74, 6) is 0.625. The van der Waals surface area contributed by atoms with E-state index in [0.717, 1.165) is 33.3 Å². The number of hydrogen-bond donors (Lipinski definition) is 3. The number of fused-ring (bicyclic) bond motifs is 2. The summed E-state index contributed by atoms with van der Waals surface area (Å²) in [5.41, 5.74) is 5.39. The van der Waals surface area contributed by atoms with E-state index in [-0.39, 0.29) is 5.75 Å². The predicted octanol–water partition coefficient (Wildman–Crippen LogP) is 6.06. The minimum absolute atomic E-state index is 0.282. The monoisotopic (exact) mass is 517 g/mol. The van der Waals surface area contributed by atoms with Gasteiger partial charge in [-0.25, -0.2) is 14.8 Å². The van der Waals surface area contributed by atoms with Crippen LogP contribution in [0, 0.1) is 0 Å². The average Bonchev–Trinajstić information content (AvgIpc) is 3.44. The van der Waals surface area contributed by atoms with Crippen LogP contribution >= 0.6 is 0 Å². The zero-order valence-corrected chi connectivity index (χ0v) is 20.9. The van der Waals surface area contributed by atoms with Gasteiger partial charge in [0.15, 0.2) is 23.9 Å². The number of carbonyl (C=O) groups is 1. The molecule has 6 rings (SSSR count). The van der Waals surface area contributed by atoms with Crippen LogP contribution < -0.4 is 14.8 Å². The predicted molar refractivity (Wildman–Crippen MR) is 149 cm³/mol. The number of ether oxygens (including phenoxy) is 2. The number of carboxylic acid groups (broad SMARTS) is 1. The minimum Gasteiger partial charge on any atom is -0.493 e. The lowest BCUT2D eigenvalue weighted by molar-refractivity contribution is -0.139. The Labute approximate surface area is 223 Å². The van der Waals surface area contributed by atoms with E-state index >= 15 is 0 Å². The molecule has 0 fully saturated rings. The second-order valence-electron chi connectivity index (χ2n) is 8.84. The number of carboxylic acids is 1. The van der Waals surface area contributed by atoms with Gasteiger partial charge < -0.3 is 19.9 Å². The van der Waals surface area contributed by atoms with E-state index in [2.05, 4.69) is 27.6 Å². The number of aliphatic carboxylic acids is 1. The fraction of sp³-hybridized carbons (Fsp3) is 0.0667. The molecule has 9 heteroatoms. The Morgan fingerprint density at radius 3 is 2.44 bits per heavy atom. The van der Waals surface area contributed by atoms with Crippen LogP contribution in [0.2, 0.25) is 0 Å². The Bertz CT molecular complexity index is 1800. The molecule has 3 N–H and O–H groups in total. The quantitative estimate of drug-likeness (QED) is 0.223. The first-order chi connectivity index (χ1) is 19.1. The molecule has 6 aromatic rings. The van der Waals surface area contributed by atoms with Gasteiger partial charge in [-0.2, -0.15) is 5.10 Å².